The van der Waals surface area contributed by atoms with Gasteiger partial charge in [0, 0.05) is 18.5 Å². The summed E-state index contributed by atoms with van der Waals surface area (Å²) in [7, 11) is 2.08. The summed E-state index contributed by atoms with van der Waals surface area (Å²) in [4.78, 5) is 0.834. The van der Waals surface area contributed by atoms with Crippen LogP contribution in [0.15, 0.2) is 41.3 Å². The van der Waals surface area contributed by atoms with E-state index in [4.69, 9.17) is 21.1 Å². The Bertz CT molecular complexity index is 810. The van der Waals surface area contributed by atoms with Gasteiger partial charge in [-0.2, -0.15) is 0 Å². The molecule has 2 aromatic carbocycles. The lowest BCUT2D eigenvalue weighted by molar-refractivity contribution is 0.302. The molecule has 1 aliphatic heterocycles. The van der Waals surface area contributed by atoms with Gasteiger partial charge in [0.25, 0.3) is 0 Å². The second-order valence-corrected chi connectivity index (χ2v) is 8.52. The van der Waals surface area contributed by atoms with Crippen molar-refractivity contribution >= 4 is 22.6 Å². The van der Waals surface area contributed by atoms with Crippen LogP contribution in [0.3, 0.4) is 0 Å². The van der Waals surface area contributed by atoms with Gasteiger partial charge in [0.1, 0.15) is 11.0 Å². The number of hydrogen-bond donors (Lipinski definition) is 0. The van der Waals surface area contributed by atoms with E-state index >= 15 is 0 Å². The van der Waals surface area contributed by atoms with Gasteiger partial charge in [-0.05, 0) is 61.6 Å². The molecule has 0 fully saturated rings. The normalized spacial score (nSPS) is 18.0. The lowest BCUT2D eigenvalue weighted by atomic mass is 9.91. The van der Waals surface area contributed by atoms with Crippen molar-refractivity contribution in [1.82, 2.24) is 4.31 Å². The first-order valence-electron chi connectivity index (χ1n) is 9.15. The number of hydrogen-bond acceptors (Lipinski definition) is 3. The van der Waals surface area contributed by atoms with Crippen LogP contribution in [0.1, 0.15) is 35.6 Å². The fourth-order valence-corrected chi connectivity index (χ4v) is 5.06. The highest BCUT2D eigenvalue weighted by Crippen LogP contribution is 2.41. The van der Waals surface area contributed by atoms with Crippen molar-refractivity contribution in [2.75, 3.05) is 26.6 Å². The molecule has 0 bridgehead atoms. The van der Waals surface area contributed by atoms with Crippen molar-refractivity contribution in [3.05, 3.63) is 53.1 Å². The van der Waals surface area contributed by atoms with Crippen LogP contribution < -0.4 is 9.47 Å². The van der Waals surface area contributed by atoms with Gasteiger partial charge >= 0.3 is 0 Å². The maximum Gasteiger partial charge on any atom is 0.161 e. The van der Waals surface area contributed by atoms with E-state index in [0.29, 0.717) is 11.6 Å². The summed E-state index contributed by atoms with van der Waals surface area (Å²) in [5.41, 5.74) is 3.55. The van der Waals surface area contributed by atoms with Crippen molar-refractivity contribution in [3.8, 4) is 11.5 Å². The van der Waals surface area contributed by atoms with Crippen LogP contribution in [0.2, 0.25) is 0 Å². The minimum atomic E-state index is -1.22. The minimum absolute atomic E-state index is 0.0365. The maximum atomic E-state index is 13.3. The number of ether oxygens (including phenoxy) is 2. The van der Waals surface area contributed by atoms with Gasteiger partial charge < -0.3 is 9.47 Å². The highest BCUT2D eigenvalue weighted by atomic mass is 35.5. The van der Waals surface area contributed by atoms with Gasteiger partial charge in [-0.1, -0.05) is 17.7 Å². The highest BCUT2D eigenvalue weighted by molar-refractivity contribution is 7.82. The van der Waals surface area contributed by atoms with Crippen molar-refractivity contribution in [3.63, 3.8) is 0 Å². The largest absolute Gasteiger partial charge is 0.493 e. The third-order valence-corrected chi connectivity index (χ3v) is 6.81. The smallest absolute Gasteiger partial charge is 0.161 e. The zero-order valence-corrected chi connectivity index (χ0v) is 17.6. The Morgan fingerprint density at radius 1 is 1.15 bits per heavy atom. The van der Waals surface area contributed by atoms with Crippen molar-refractivity contribution in [2.45, 2.75) is 37.1 Å². The molecule has 146 valence electrons. The number of aryl methyl sites for hydroxylation is 1. The molecule has 2 atom stereocenters. The van der Waals surface area contributed by atoms with Gasteiger partial charge in [-0.3, -0.25) is 0 Å². The summed E-state index contributed by atoms with van der Waals surface area (Å²) in [5, 5.41) is 0. The molecule has 0 amide bonds. The zero-order chi connectivity index (χ0) is 19.4. The third kappa shape index (κ3) is 4.31. The lowest BCUT2D eigenvalue weighted by Gasteiger charge is -2.36. The monoisotopic (exact) mass is 407 g/mol. The van der Waals surface area contributed by atoms with Crippen LogP contribution in [0, 0.1) is 6.92 Å². The van der Waals surface area contributed by atoms with Gasteiger partial charge in [0.15, 0.2) is 11.5 Å². The van der Waals surface area contributed by atoms with Crippen LogP contribution in [-0.2, 0) is 17.4 Å². The molecule has 0 aliphatic carbocycles. The second-order valence-electron chi connectivity index (χ2n) is 6.71. The second kappa shape index (κ2) is 9.09. The third-order valence-electron chi connectivity index (χ3n) is 5.00. The number of rotatable bonds is 7. The van der Waals surface area contributed by atoms with E-state index < -0.39 is 11.0 Å². The summed E-state index contributed by atoms with van der Waals surface area (Å²) >= 11 is 5.98. The average Bonchev–Trinajstić information content (AvgIpc) is 2.70. The molecule has 1 unspecified atom stereocenters. The zero-order valence-electron chi connectivity index (χ0n) is 16.0. The van der Waals surface area contributed by atoms with Crippen LogP contribution >= 0.6 is 11.6 Å². The summed E-state index contributed by atoms with van der Waals surface area (Å²) in [6, 6.07) is 12.0. The Morgan fingerprint density at radius 2 is 1.81 bits per heavy atom. The highest BCUT2D eigenvalue weighted by Gasteiger charge is 2.32. The SMILES string of the molecule is COc1cc2c(cc1OC)[C@@H](CCCCl)N(S(=O)c1ccc(C)cc1)CC2. The van der Waals surface area contributed by atoms with E-state index in [9.17, 15) is 4.21 Å². The van der Waals surface area contributed by atoms with Crippen LogP contribution in [-0.4, -0.2) is 35.2 Å². The Hall–Kier alpha value is -1.56. The molecule has 3 rings (SSSR count). The van der Waals surface area contributed by atoms with Gasteiger partial charge in [0.2, 0.25) is 0 Å². The fourth-order valence-electron chi connectivity index (χ4n) is 3.56. The number of halogens is 1. The molecule has 0 N–H and O–H groups in total. The van der Waals surface area contributed by atoms with Gasteiger partial charge in [-0.15, -0.1) is 11.6 Å². The molecule has 0 aromatic heterocycles. The number of nitrogens with zero attached hydrogens (tertiary/aromatic N) is 1. The fraction of sp³-hybridized carbons (Fsp3) is 0.429. The summed E-state index contributed by atoms with van der Waals surface area (Å²) in [6.45, 7) is 2.77. The molecule has 27 heavy (non-hydrogen) atoms. The molecule has 2 aromatic rings. The van der Waals surface area contributed by atoms with Crippen molar-refractivity contribution < 1.29 is 13.7 Å². The van der Waals surface area contributed by atoms with E-state index in [1.165, 1.54) is 5.56 Å². The van der Waals surface area contributed by atoms with Crippen molar-refractivity contribution in [1.29, 1.82) is 0 Å². The Morgan fingerprint density at radius 3 is 2.44 bits per heavy atom. The molecule has 6 heteroatoms. The van der Waals surface area contributed by atoms with E-state index in [2.05, 4.69) is 4.31 Å². The van der Waals surface area contributed by atoms with E-state index in [1.54, 1.807) is 14.2 Å². The molecule has 0 saturated carbocycles. The van der Waals surface area contributed by atoms with Crippen LogP contribution in [0.4, 0.5) is 0 Å². The first kappa shape index (κ1) is 20.2. The Labute approximate surface area is 169 Å². The molecule has 0 radical (unpaired) electrons. The molecular formula is C21H26ClNO3S. The van der Waals surface area contributed by atoms with E-state index in [-0.39, 0.29) is 6.04 Å². The van der Waals surface area contributed by atoms with Gasteiger partial charge in [-0.25, -0.2) is 8.51 Å². The standard InChI is InChI=1S/C21H26ClNO3S/c1-15-6-8-17(9-7-15)27(24)23-12-10-16-13-20(25-2)21(26-3)14-18(16)19(23)5-4-11-22/h6-9,13-14,19H,4-5,10-12H2,1-3H3/t19-,27?/m1/s1. The first-order valence-corrected chi connectivity index (χ1v) is 10.8. The quantitative estimate of drug-likeness (QED) is 0.627. The number of alkyl halides is 1. The minimum Gasteiger partial charge on any atom is -0.493 e. The molecule has 4 nitrogen and oxygen atoms in total. The summed E-state index contributed by atoms with van der Waals surface area (Å²) in [6.07, 6.45) is 2.54. The van der Waals surface area contributed by atoms with E-state index in [1.807, 2.05) is 43.3 Å². The van der Waals surface area contributed by atoms with Crippen molar-refractivity contribution in [2.24, 2.45) is 0 Å². The molecule has 1 heterocycles. The van der Waals surface area contributed by atoms with Crippen LogP contribution in [0.5, 0.6) is 11.5 Å². The molecule has 0 saturated heterocycles. The first-order chi connectivity index (χ1) is 13.1. The van der Waals surface area contributed by atoms with Gasteiger partial charge in [0.05, 0.1) is 19.1 Å². The summed E-state index contributed by atoms with van der Waals surface area (Å²) < 4.78 is 26.4. The Kier molecular flexibility index (Phi) is 6.79. The number of methoxy groups -OCH3 is 2. The van der Waals surface area contributed by atoms with Crippen LogP contribution in [0.25, 0.3) is 0 Å². The predicted molar refractivity (Wildman–Crippen MR) is 110 cm³/mol. The van der Waals surface area contributed by atoms with E-state index in [0.717, 1.165) is 47.6 Å². The molecular weight excluding hydrogens is 382 g/mol. The predicted octanol–water partition coefficient (Wildman–Crippen LogP) is 4.65. The maximum absolute atomic E-state index is 13.3. The summed E-state index contributed by atoms with van der Waals surface area (Å²) in [5.74, 6) is 2.03. The Balaban J connectivity index is 1.98. The molecule has 0 spiro atoms. The average molecular weight is 408 g/mol. The molecule has 1 aliphatic rings. The topological polar surface area (TPSA) is 38.8 Å². The number of benzene rings is 2. The number of fused-ring (bicyclic) bond motifs is 1. The lowest BCUT2D eigenvalue weighted by Crippen LogP contribution is -2.37.